The standard InChI is InChI=1S/C27H23N3O5/c1-15(26-28-16(2)30-35-26)34-27(31)24-19-7-3-4-9-21(19)29-25-18(6-5-8-20(24)25)12-17-10-11-22-23(13-17)33-14-32-22/h3-4,7,9-13,15H,5-6,8,14H2,1-2H3. The molecule has 1 aliphatic carbocycles. The zero-order valence-corrected chi connectivity index (χ0v) is 19.4. The molecule has 0 bridgehead atoms. The van der Waals surface area contributed by atoms with Crippen molar-refractivity contribution in [2.75, 3.05) is 6.79 Å². The van der Waals surface area contributed by atoms with E-state index in [1.807, 2.05) is 42.5 Å². The Hall–Kier alpha value is -4.20. The van der Waals surface area contributed by atoms with E-state index in [0.717, 1.165) is 64.1 Å². The van der Waals surface area contributed by atoms with Crippen LogP contribution in [0.5, 0.6) is 11.5 Å². The van der Waals surface area contributed by atoms with Crippen molar-refractivity contribution in [3.05, 3.63) is 76.6 Å². The summed E-state index contributed by atoms with van der Waals surface area (Å²) in [7, 11) is 0. The molecule has 1 aliphatic heterocycles. The summed E-state index contributed by atoms with van der Waals surface area (Å²) in [5.74, 6) is 1.82. The van der Waals surface area contributed by atoms with Crippen LogP contribution in [-0.2, 0) is 11.2 Å². The van der Waals surface area contributed by atoms with Gasteiger partial charge in [-0.2, -0.15) is 4.98 Å². The van der Waals surface area contributed by atoms with E-state index < -0.39 is 12.1 Å². The Balaban J connectivity index is 1.43. The van der Waals surface area contributed by atoms with Crippen LogP contribution >= 0.6 is 0 Å². The number of para-hydroxylation sites is 1. The lowest BCUT2D eigenvalue weighted by Gasteiger charge is -2.23. The van der Waals surface area contributed by atoms with Crippen molar-refractivity contribution >= 4 is 28.5 Å². The highest BCUT2D eigenvalue weighted by Gasteiger charge is 2.28. The highest BCUT2D eigenvalue weighted by Crippen LogP contribution is 2.38. The third-order valence-electron chi connectivity index (χ3n) is 6.29. The first kappa shape index (κ1) is 21.3. The van der Waals surface area contributed by atoms with Gasteiger partial charge in [0.1, 0.15) is 0 Å². The summed E-state index contributed by atoms with van der Waals surface area (Å²) in [6, 6.07) is 13.5. The second kappa shape index (κ2) is 8.54. The van der Waals surface area contributed by atoms with E-state index in [1.54, 1.807) is 13.8 Å². The Morgan fingerprint density at radius 3 is 2.80 bits per heavy atom. The molecule has 2 aliphatic rings. The van der Waals surface area contributed by atoms with Crippen molar-refractivity contribution in [3.8, 4) is 11.5 Å². The summed E-state index contributed by atoms with van der Waals surface area (Å²) >= 11 is 0. The van der Waals surface area contributed by atoms with Crippen LogP contribution in [0, 0.1) is 6.92 Å². The Bertz CT molecular complexity index is 1490. The number of hydrogen-bond donors (Lipinski definition) is 0. The lowest BCUT2D eigenvalue weighted by Crippen LogP contribution is -2.17. The number of benzene rings is 2. The van der Waals surface area contributed by atoms with Crippen LogP contribution in [0.3, 0.4) is 0 Å². The molecule has 0 spiro atoms. The lowest BCUT2D eigenvalue weighted by molar-refractivity contribution is 0.0266. The minimum Gasteiger partial charge on any atom is -0.454 e. The van der Waals surface area contributed by atoms with Crippen LogP contribution in [0.25, 0.3) is 22.6 Å². The molecule has 3 heterocycles. The molecule has 4 aromatic rings. The number of nitrogens with zero attached hydrogens (tertiary/aromatic N) is 3. The molecule has 8 nitrogen and oxygen atoms in total. The second-order valence-corrected chi connectivity index (χ2v) is 8.69. The van der Waals surface area contributed by atoms with Gasteiger partial charge < -0.3 is 18.7 Å². The maximum Gasteiger partial charge on any atom is 0.339 e. The molecule has 8 heteroatoms. The van der Waals surface area contributed by atoms with E-state index in [4.69, 9.17) is 23.7 Å². The number of fused-ring (bicyclic) bond motifs is 3. The topological polar surface area (TPSA) is 96.6 Å². The fourth-order valence-electron chi connectivity index (χ4n) is 4.66. The van der Waals surface area contributed by atoms with Crippen LogP contribution < -0.4 is 9.47 Å². The molecular weight excluding hydrogens is 446 g/mol. The predicted molar refractivity (Wildman–Crippen MR) is 128 cm³/mol. The van der Waals surface area contributed by atoms with Crippen LogP contribution in [0.15, 0.2) is 47.0 Å². The van der Waals surface area contributed by atoms with Crippen molar-refractivity contribution in [2.45, 2.75) is 39.2 Å². The highest BCUT2D eigenvalue weighted by molar-refractivity contribution is 6.06. The van der Waals surface area contributed by atoms with Crippen LogP contribution in [0.1, 0.15) is 64.8 Å². The van der Waals surface area contributed by atoms with Crippen LogP contribution in [0.2, 0.25) is 0 Å². The van der Waals surface area contributed by atoms with Crippen molar-refractivity contribution in [1.82, 2.24) is 15.1 Å². The molecule has 0 N–H and O–H groups in total. The molecule has 0 radical (unpaired) electrons. The Kier molecular flexibility index (Phi) is 5.21. The van der Waals surface area contributed by atoms with Gasteiger partial charge in [0, 0.05) is 5.39 Å². The van der Waals surface area contributed by atoms with Gasteiger partial charge >= 0.3 is 5.97 Å². The molecule has 0 amide bonds. The average Bonchev–Trinajstić information content (AvgIpc) is 3.51. The number of rotatable bonds is 4. The SMILES string of the molecule is Cc1noc(C(C)OC(=O)c2c3c(nc4ccccc24)C(=Cc2ccc4c(c2)OCO4)CCC3)n1. The molecular formula is C27H23N3O5. The van der Waals surface area contributed by atoms with Gasteiger partial charge in [-0.25, -0.2) is 9.78 Å². The summed E-state index contributed by atoms with van der Waals surface area (Å²) < 4.78 is 22.0. The minimum absolute atomic E-state index is 0.235. The number of esters is 1. The third kappa shape index (κ3) is 3.90. The number of allylic oxidation sites excluding steroid dienone is 1. The summed E-state index contributed by atoms with van der Waals surface area (Å²) in [5.41, 5.74) is 5.10. The lowest BCUT2D eigenvalue weighted by atomic mass is 9.86. The maximum absolute atomic E-state index is 13.5. The molecule has 2 aromatic heterocycles. The summed E-state index contributed by atoms with van der Waals surface area (Å²) in [6.45, 7) is 3.69. The molecule has 0 fully saturated rings. The van der Waals surface area contributed by atoms with Crippen LogP contribution in [0.4, 0.5) is 0 Å². The number of aryl methyl sites for hydroxylation is 1. The van der Waals surface area contributed by atoms with Gasteiger partial charge in [0.15, 0.2) is 23.4 Å². The molecule has 1 atom stereocenters. The number of pyridine rings is 1. The normalized spacial score (nSPS) is 16.3. The largest absolute Gasteiger partial charge is 0.454 e. The van der Waals surface area contributed by atoms with Gasteiger partial charge in [-0.3, -0.25) is 0 Å². The maximum atomic E-state index is 13.5. The number of ether oxygens (including phenoxy) is 3. The fourth-order valence-corrected chi connectivity index (χ4v) is 4.66. The van der Waals surface area contributed by atoms with Gasteiger partial charge in [0.05, 0.1) is 16.8 Å². The molecule has 35 heavy (non-hydrogen) atoms. The molecule has 176 valence electrons. The van der Waals surface area contributed by atoms with E-state index in [-0.39, 0.29) is 12.7 Å². The molecule has 2 aromatic carbocycles. The van der Waals surface area contributed by atoms with Gasteiger partial charge in [-0.15, -0.1) is 0 Å². The smallest absolute Gasteiger partial charge is 0.339 e. The summed E-state index contributed by atoms with van der Waals surface area (Å²) in [4.78, 5) is 22.7. The molecule has 0 saturated carbocycles. The zero-order valence-electron chi connectivity index (χ0n) is 19.4. The first-order chi connectivity index (χ1) is 17.1. The van der Waals surface area contributed by atoms with E-state index in [2.05, 4.69) is 16.2 Å². The van der Waals surface area contributed by atoms with E-state index in [1.165, 1.54) is 0 Å². The summed E-state index contributed by atoms with van der Waals surface area (Å²) in [6.07, 6.45) is 3.95. The first-order valence-corrected chi connectivity index (χ1v) is 11.6. The monoisotopic (exact) mass is 469 g/mol. The fraction of sp³-hybridized carbons (Fsp3) is 0.259. The third-order valence-corrected chi connectivity index (χ3v) is 6.29. The van der Waals surface area contributed by atoms with Gasteiger partial charge in [0.2, 0.25) is 6.79 Å². The van der Waals surface area contributed by atoms with E-state index in [0.29, 0.717) is 11.4 Å². The predicted octanol–water partition coefficient (Wildman–Crippen LogP) is 5.45. The number of hydrogen-bond acceptors (Lipinski definition) is 8. The Morgan fingerprint density at radius 2 is 1.94 bits per heavy atom. The highest BCUT2D eigenvalue weighted by atomic mass is 16.7. The van der Waals surface area contributed by atoms with Gasteiger partial charge in [0.25, 0.3) is 5.89 Å². The van der Waals surface area contributed by atoms with E-state index >= 15 is 0 Å². The van der Waals surface area contributed by atoms with Crippen molar-refractivity contribution < 1.29 is 23.5 Å². The number of aromatic nitrogens is 3. The van der Waals surface area contributed by atoms with Crippen molar-refractivity contribution in [1.29, 1.82) is 0 Å². The van der Waals surface area contributed by atoms with Crippen molar-refractivity contribution in [3.63, 3.8) is 0 Å². The Labute approximate surface area is 201 Å². The summed E-state index contributed by atoms with van der Waals surface area (Å²) in [5, 5.41) is 4.57. The van der Waals surface area contributed by atoms with Gasteiger partial charge in [-0.1, -0.05) is 29.4 Å². The molecule has 6 rings (SSSR count). The van der Waals surface area contributed by atoms with E-state index in [9.17, 15) is 4.79 Å². The Morgan fingerprint density at radius 1 is 1.09 bits per heavy atom. The second-order valence-electron chi connectivity index (χ2n) is 8.69. The first-order valence-electron chi connectivity index (χ1n) is 11.6. The van der Waals surface area contributed by atoms with Crippen LogP contribution in [-0.4, -0.2) is 27.9 Å². The number of carbonyl (C=O) groups excluding carboxylic acids is 1. The molecule has 1 unspecified atom stereocenters. The molecule has 0 saturated heterocycles. The van der Waals surface area contributed by atoms with Gasteiger partial charge in [-0.05, 0) is 74.1 Å². The zero-order chi connectivity index (χ0) is 23.9. The minimum atomic E-state index is -0.668. The number of carbonyl (C=O) groups is 1. The quantitative estimate of drug-likeness (QED) is 0.364. The van der Waals surface area contributed by atoms with Crippen molar-refractivity contribution in [2.24, 2.45) is 0 Å². The average molecular weight is 469 g/mol.